The van der Waals surface area contributed by atoms with Gasteiger partial charge in [0, 0.05) is 51.9 Å². The quantitative estimate of drug-likeness (QED) is 0.914. The maximum Gasteiger partial charge on any atom is 0.254 e. The Hall–Kier alpha value is -1.39. The molecular weight excluding hydrogens is 262 g/mol. The van der Waals surface area contributed by atoms with Crippen LogP contribution in [0, 0.1) is 20.8 Å². The zero-order chi connectivity index (χ0) is 15.4. The first-order chi connectivity index (χ1) is 9.99. The topological polar surface area (TPSA) is 35.6 Å². The van der Waals surface area contributed by atoms with E-state index >= 15 is 0 Å². The summed E-state index contributed by atoms with van der Waals surface area (Å²) in [7, 11) is 1.91. The molecule has 1 fully saturated rings. The standard InChI is InChI=1S/C17H27N3O/c1-13-11-14(2)16(15(3)12-13)17(21)19(4)9-10-20-7-5-18-6-8-20/h11-12,18H,5-10H2,1-4H3. The van der Waals surface area contributed by atoms with Crippen LogP contribution >= 0.6 is 0 Å². The maximum atomic E-state index is 12.7. The summed E-state index contributed by atoms with van der Waals surface area (Å²) in [5.41, 5.74) is 4.23. The molecular formula is C17H27N3O. The molecule has 1 aromatic carbocycles. The lowest BCUT2D eigenvalue weighted by molar-refractivity contribution is 0.0773. The van der Waals surface area contributed by atoms with E-state index in [9.17, 15) is 4.79 Å². The smallest absolute Gasteiger partial charge is 0.254 e. The number of carbonyl (C=O) groups is 1. The summed E-state index contributed by atoms with van der Waals surface area (Å²) in [5, 5.41) is 3.35. The van der Waals surface area contributed by atoms with Crippen LogP contribution in [-0.2, 0) is 0 Å². The minimum absolute atomic E-state index is 0.139. The van der Waals surface area contributed by atoms with Crippen LogP contribution in [-0.4, -0.2) is 62.0 Å². The summed E-state index contributed by atoms with van der Waals surface area (Å²) in [6, 6.07) is 4.18. The SMILES string of the molecule is Cc1cc(C)c(C(=O)N(C)CCN2CCNCC2)c(C)c1. The number of piperazine rings is 1. The van der Waals surface area contributed by atoms with E-state index in [-0.39, 0.29) is 5.91 Å². The van der Waals surface area contributed by atoms with E-state index in [0.29, 0.717) is 0 Å². The number of likely N-dealkylation sites (N-methyl/N-ethyl adjacent to an activating group) is 1. The van der Waals surface area contributed by atoms with Crippen molar-refractivity contribution in [3.63, 3.8) is 0 Å². The third kappa shape index (κ3) is 4.05. The van der Waals surface area contributed by atoms with E-state index in [1.54, 1.807) is 0 Å². The minimum atomic E-state index is 0.139. The largest absolute Gasteiger partial charge is 0.340 e. The average molecular weight is 289 g/mol. The van der Waals surface area contributed by atoms with E-state index < -0.39 is 0 Å². The summed E-state index contributed by atoms with van der Waals surface area (Å²) in [6.07, 6.45) is 0. The monoisotopic (exact) mass is 289 g/mol. The molecule has 1 N–H and O–H groups in total. The Morgan fingerprint density at radius 3 is 2.33 bits per heavy atom. The van der Waals surface area contributed by atoms with Crippen molar-refractivity contribution in [2.75, 3.05) is 46.3 Å². The predicted octanol–water partition coefficient (Wildman–Crippen LogP) is 1.59. The maximum absolute atomic E-state index is 12.7. The molecule has 1 heterocycles. The number of amides is 1. The highest BCUT2D eigenvalue weighted by atomic mass is 16.2. The van der Waals surface area contributed by atoms with E-state index in [4.69, 9.17) is 0 Å². The first-order valence-electron chi connectivity index (χ1n) is 7.75. The number of rotatable bonds is 4. The molecule has 0 atom stereocenters. The summed E-state index contributed by atoms with van der Waals surface area (Å²) in [4.78, 5) is 16.9. The Balaban J connectivity index is 1.99. The lowest BCUT2D eigenvalue weighted by atomic mass is 9.99. The molecule has 0 aromatic heterocycles. The first kappa shape index (κ1) is 16.0. The van der Waals surface area contributed by atoms with E-state index in [2.05, 4.69) is 29.3 Å². The van der Waals surface area contributed by atoms with Crippen molar-refractivity contribution >= 4 is 5.91 Å². The van der Waals surface area contributed by atoms with Crippen molar-refractivity contribution in [1.82, 2.24) is 15.1 Å². The lowest BCUT2D eigenvalue weighted by Crippen LogP contribution is -2.46. The number of aryl methyl sites for hydroxylation is 3. The Bertz CT molecular complexity index is 484. The average Bonchev–Trinajstić information content (AvgIpc) is 2.44. The molecule has 4 nitrogen and oxygen atoms in total. The predicted molar refractivity (Wildman–Crippen MR) is 86.9 cm³/mol. The third-order valence-electron chi connectivity index (χ3n) is 4.20. The second-order valence-corrected chi connectivity index (χ2v) is 6.09. The fourth-order valence-corrected chi connectivity index (χ4v) is 3.04. The van der Waals surface area contributed by atoms with Crippen LogP contribution in [0.3, 0.4) is 0 Å². The van der Waals surface area contributed by atoms with Gasteiger partial charge in [-0.25, -0.2) is 0 Å². The number of carbonyl (C=O) groups excluding carboxylic acids is 1. The van der Waals surface area contributed by atoms with Crippen molar-refractivity contribution in [3.8, 4) is 0 Å². The van der Waals surface area contributed by atoms with Gasteiger partial charge in [0.1, 0.15) is 0 Å². The number of nitrogens with zero attached hydrogens (tertiary/aromatic N) is 2. The molecule has 0 radical (unpaired) electrons. The second kappa shape index (κ2) is 7.05. The van der Waals surface area contributed by atoms with Crippen molar-refractivity contribution in [2.45, 2.75) is 20.8 Å². The molecule has 0 unspecified atom stereocenters. The fourth-order valence-electron chi connectivity index (χ4n) is 3.04. The van der Waals surface area contributed by atoms with Gasteiger partial charge in [-0.15, -0.1) is 0 Å². The van der Waals surface area contributed by atoms with Gasteiger partial charge in [0.05, 0.1) is 0 Å². The Morgan fingerprint density at radius 2 is 1.76 bits per heavy atom. The second-order valence-electron chi connectivity index (χ2n) is 6.09. The van der Waals surface area contributed by atoms with Crippen LogP contribution in [0.2, 0.25) is 0 Å². The highest BCUT2D eigenvalue weighted by Gasteiger charge is 2.18. The molecule has 4 heteroatoms. The van der Waals surface area contributed by atoms with Gasteiger partial charge in [0.15, 0.2) is 0 Å². The van der Waals surface area contributed by atoms with Gasteiger partial charge in [-0.2, -0.15) is 0 Å². The highest BCUT2D eigenvalue weighted by molar-refractivity contribution is 5.97. The molecule has 2 rings (SSSR count). The van der Waals surface area contributed by atoms with Gasteiger partial charge in [0.2, 0.25) is 0 Å². The number of nitrogens with one attached hydrogen (secondary N) is 1. The van der Waals surface area contributed by atoms with Crippen LogP contribution in [0.15, 0.2) is 12.1 Å². The molecule has 0 spiro atoms. The molecule has 0 bridgehead atoms. The molecule has 1 aromatic rings. The van der Waals surface area contributed by atoms with E-state index in [1.165, 1.54) is 5.56 Å². The number of hydrogen-bond donors (Lipinski definition) is 1. The van der Waals surface area contributed by atoms with E-state index in [1.807, 2.05) is 25.8 Å². The van der Waals surface area contributed by atoms with Gasteiger partial charge >= 0.3 is 0 Å². The Kier molecular flexibility index (Phi) is 5.37. The Morgan fingerprint density at radius 1 is 1.19 bits per heavy atom. The molecule has 116 valence electrons. The lowest BCUT2D eigenvalue weighted by Gasteiger charge is -2.29. The van der Waals surface area contributed by atoms with Crippen LogP contribution < -0.4 is 5.32 Å². The minimum Gasteiger partial charge on any atom is -0.340 e. The molecule has 1 saturated heterocycles. The molecule has 1 amide bonds. The van der Waals surface area contributed by atoms with Gasteiger partial charge in [0.25, 0.3) is 5.91 Å². The zero-order valence-corrected chi connectivity index (χ0v) is 13.7. The van der Waals surface area contributed by atoms with Gasteiger partial charge in [-0.3, -0.25) is 9.69 Å². The molecule has 0 aliphatic carbocycles. The van der Waals surface area contributed by atoms with Crippen molar-refractivity contribution in [3.05, 3.63) is 34.4 Å². The summed E-state index contributed by atoms with van der Waals surface area (Å²) in [5.74, 6) is 0.139. The van der Waals surface area contributed by atoms with Gasteiger partial charge in [-0.05, 0) is 31.9 Å². The zero-order valence-electron chi connectivity index (χ0n) is 13.7. The molecule has 1 aliphatic heterocycles. The number of hydrogen-bond acceptors (Lipinski definition) is 3. The molecule has 21 heavy (non-hydrogen) atoms. The summed E-state index contributed by atoms with van der Waals surface area (Å²) in [6.45, 7) is 12.1. The van der Waals surface area contributed by atoms with E-state index in [0.717, 1.165) is 56.0 Å². The highest BCUT2D eigenvalue weighted by Crippen LogP contribution is 2.18. The van der Waals surface area contributed by atoms with Crippen molar-refractivity contribution in [2.24, 2.45) is 0 Å². The van der Waals surface area contributed by atoms with Crippen molar-refractivity contribution < 1.29 is 4.79 Å². The normalized spacial score (nSPS) is 16.0. The summed E-state index contributed by atoms with van der Waals surface area (Å²) < 4.78 is 0. The Labute approximate surface area is 128 Å². The van der Waals surface area contributed by atoms with Crippen molar-refractivity contribution in [1.29, 1.82) is 0 Å². The fraction of sp³-hybridized carbons (Fsp3) is 0.588. The molecule has 0 saturated carbocycles. The van der Waals surface area contributed by atoms with Crippen LogP contribution in [0.25, 0.3) is 0 Å². The molecule has 1 aliphatic rings. The van der Waals surface area contributed by atoms with Crippen LogP contribution in [0.5, 0.6) is 0 Å². The van der Waals surface area contributed by atoms with Gasteiger partial charge in [-0.1, -0.05) is 17.7 Å². The third-order valence-corrected chi connectivity index (χ3v) is 4.20. The number of benzene rings is 1. The van der Waals surface area contributed by atoms with Crippen LogP contribution in [0.1, 0.15) is 27.0 Å². The van der Waals surface area contributed by atoms with Crippen LogP contribution in [0.4, 0.5) is 0 Å². The summed E-state index contributed by atoms with van der Waals surface area (Å²) >= 11 is 0. The van der Waals surface area contributed by atoms with Gasteiger partial charge < -0.3 is 10.2 Å². The first-order valence-corrected chi connectivity index (χ1v) is 7.75.